The average Bonchev–Trinajstić information content (AvgIpc) is 2.97. The number of aromatic nitrogens is 2. The Morgan fingerprint density at radius 1 is 0.881 bits per heavy atom. The Balaban J connectivity index is 1.40. The first kappa shape index (κ1) is 29.5. The summed E-state index contributed by atoms with van der Waals surface area (Å²) in [5, 5.41) is 10.7. The number of carboxylic acid groups (broad SMARTS) is 1. The van der Waals surface area contributed by atoms with Gasteiger partial charge in [-0.05, 0) is 66.1 Å². The molecule has 7 nitrogen and oxygen atoms in total. The molecule has 216 valence electrons. The van der Waals surface area contributed by atoms with E-state index in [2.05, 4.69) is 34.1 Å². The van der Waals surface area contributed by atoms with Gasteiger partial charge in [-0.2, -0.15) is 0 Å². The molecule has 1 N–H and O–H groups in total. The molecule has 0 saturated carbocycles. The van der Waals surface area contributed by atoms with Crippen molar-refractivity contribution in [3.8, 4) is 0 Å². The molecule has 0 aliphatic carbocycles. The molecule has 1 amide bonds. The lowest BCUT2D eigenvalue weighted by Gasteiger charge is -2.32. The van der Waals surface area contributed by atoms with Gasteiger partial charge in [-0.25, -0.2) is 9.97 Å². The van der Waals surface area contributed by atoms with E-state index >= 15 is 0 Å². The summed E-state index contributed by atoms with van der Waals surface area (Å²) in [6.45, 7) is 1.25. The van der Waals surface area contributed by atoms with Crippen molar-refractivity contribution in [1.29, 1.82) is 0 Å². The molecule has 0 unspecified atom stereocenters. The van der Waals surface area contributed by atoms with Gasteiger partial charge in [-0.1, -0.05) is 77.8 Å². The first-order valence-corrected chi connectivity index (χ1v) is 14.7. The molecule has 0 spiro atoms. The lowest BCUT2D eigenvalue weighted by Crippen LogP contribution is -2.37. The van der Waals surface area contributed by atoms with Crippen molar-refractivity contribution in [2.75, 3.05) is 24.5 Å². The molecule has 5 rings (SSSR count). The molecule has 0 bridgehead atoms. The van der Waals surface area contributed by atoms with Crippen molar-refractivity contribution >= 4 is 41.0 Å². The number of hydrogen-bond donors (Lipinski definition) is 1. The van der Waals surface area contributed by atoms with E-state index in [9.17, 15) is 14.7 Å². The Kier molecular flexibility index (Phi) is 9.72. The minimum Gasteiger partial charge on any atom is -0.480 e. The number of carbonyl (C=O) groups excluding carboxylic acids is 1. The van der Waals surface area contributed by atoms with Gasteiger partial charge in [-0.15, -0.1) is 0 Å². The number of carboxylic acids is 1. The summed E-state index contributed by atoms with van der Waals surface area (Å²) < 4.78 is 0. The number of piperidine rings is 1. The average molecular weight is 604 g/mol. The minimum atomic E-state index is -1.11. The Morgan fingerprint density at radius 3 is 2.19 bits per heavy atom. The van der Waals surface area contributed by atoms with Gasteiger partial charge >= 0.3 is 5.97 Å². The number of amides is 1. The highest BCUT2D eigenvalue weighted by molar-refractivity contribution is 6.30. The molecule has 1 aromatic heterocycles. The number of carbonyl (C=O) groups is 2. The monoisotopic (exact) mass is 602 g/mol. The van der Waals surface area contributed by atoms with Crippen LogP contribution >= 0.6 is 23.2 Å². The Bertz CT molecular complexity index is 1540. The van der Waals surface area contributed by atoms with Gasteiger partial charge in [0.05, 0.1) is 11.3 Å². The topological polar surface area (TPSA) is 86.6 Å². The number of benzene rings is 3. The van der Waals surface area contributed by atoms with Crippen LogP contribution in [0.3, 0.4) is 0 Å². The third kappa shape index (κ3) is 7.87. The van der Waals surface area contributed by atoms with Gasteiger partial charge in [0.25, 0.3) is 5.91 Å². The summed E-state index contributed by atoms with van der Waals surface area (Å²) in [6, 6.07) is 25.0. The number of anilines is 1. The lowest BCUT2D eigenvalue weighted by molar-refractivity contribution is -0.137. The second-order valence-corrected chi connectivity index (χ2v) is 11.5. The second-order valence-electron chi connectivity index (χ2n) is 10.6. The third-order valence-corrected chi connectivity index (χ3v) is 7.96. The molecule has 1 saturated heterocycles. The Morgan fingerprint density at radius 2 is 1.52 bits per heavy atom. The molecule has 4 aromatic rings. The number of nitrogens with zero attached hydrogens (tertiary/aromatic N) is 4. The zero-order valence-electron chi connectivity index (χ0n) is 23.1. The van der Waals surface area contributed by atoms with E-state index in [4.69, 9.17) is 28.2 Å². The predicted molar refractivity (Wildman–Crippen MR) is 165 cm³/mol. The molecule has 3 aromatic carbocycles. The number of hydrogen-bond acceptors (Lipinski definition) is 5. The van der Waals surface area contributed by atoms with Crippen molar-refractivity contribution < 1.29 is 14.7 Å². The van der Waals surface area contributed by atoms with Crippen LogP contribution in [0.5, 0.6) is 0 Å². The first-order chi connectivity index (χ1) is 20.3. The van der Waals surface area contributed by atoms with Crippen LogP contribution in [0.1, 0.15) is 45.6 Å². The zero-order chi connectivity index (χ0) is 29.5. The van der Waals surface area contributed by atoms with E-state index in [0.717, 1.165) is 43.5 Å². The van der Waals surface area contributed by atoms with Crippen LogP contribution in [-0.4, -0.2) is 51.5 Å². The number of halogens is 2. The molecule has 0 radical (unpaired) electrons. The molecule has 1 aliphatic heterocycles. The maximum Gasteiger partial charge on any atom is 0.323 e. The molecule has 2 heterocycles. The highest BCUT2D eigenvalue weighted by atomic mass is 35.5. The van der Waals surface area contributed by atoms with Crippen LogP contribution in [-0.2, 0) is 24.2 Å². The molecule has 0 atom stereocenters. The molecule has 1 fully saturated rings. The fraction of sp³-hybridized carbons (Fsp3) is 0.273. The van der Waals surface area contributed by atoms with E-state index in [1.165, 1.54) is 16.7 Å². The van der Waals surface area contributed by atoms with Crippen LogP contribution in [0.4, 0.5) is 5.95 Å². The maximum atomic E-state index is 13.9. The van der Waals surface area contributed by atoms with E-state index < -0.39 is 18.4 Å². The van der Waals surface area contributed by atoms with Gasteiger partial charge in [0.15, 0.2) is 0 Å². The zero-order valence-corrected chi connectivity index (χ0v) is 24.6. The van der Waals surface area contributed by atoms with Crippen LogP contribution in [0, 0.1) is 5.92 Å². The minimum absolute atomic E-state index is 0.0823. The molecule has 42 heavy (non-hydrogen) atoms. The summed E-state index contributed by atoms with van der Waals surface area (Å²) in [6.07, 6.45) is 4.98. The largest absolute Gasteiger partial charge is 0.480 e. The van der Waals surface area contributed by atoms with Crippen molar-refractivity contribution in [2.45, 2.75) is 32.2 Å². The van der Waals surface area contributed by atoms with Gasteiger partial charge < -0.3 is 14.9 Å². The molecule has 1 aliphatic rings. The van der Waals surface area contributed by atoms with Crippen molar-refractivity contribution in [3.63, 3.8) is 0 Å². The third-order valence-electron chi connectivity index (χ3n) is 7.49. The van der Waals surface area contributed by atoms with E-state index in [1.54, 1.807) is 24.3 Å². The van der Waals surface area contributed by atoms with Crippen LogP contribution in [0.2, 0.25) is 10.0 Å². The van der Waals surface area contributed by atoms with Gasteiger partial charge in [-0.3, -0.25) is 9.59 Å². The fourth-order valence-electron chi connectivity index (χ4n) is 5.39. The molecular weight excluding hydrogens is 571 g/mol. The quantitative estimate of drug-likeness (QED) is 0.221. The predicted octanol–water partition coefficient (Wildman–Crippen LogP) is 6.56. The van der Waals surface area contributed by atoms with Crippen molar-refractivity contribution in [1.82, 2.24) is 14.9 Å². The Labute approximate surface area is 255 Å². The first-order valence-electron chi connectivity index (χ1n) is 14.0. The summed E-state index contributed by atoms with van der Waals surface area (Å²) in [4.78, 5) is 38.6. The Hall–Kier alpha value is -3.94. The number of rotatable bonds is 10. The van der Waals surface area contributed by atoms with E-state index in [0.29, 0.717) is 34.0 Å². The fourth-order valence-corrected chi connectivity index (χ4v) is 5.81. The lowest BCUT2D eigenvalue weighted by atomic mass is 9.90. The second kappa shape index (κ2) is 13.8. The molecule has 9 heteroatoms. The van der Waals surface area contributed by atoms with Gasteiger partial charge in [0.2, 0.25) is 5.95 Å². The summed E-state index contributed by atoms with van der Waals surface area (Å²) in [5.41, 5.74) is 3.76. The maximum absolute atomic E-state index is 13.9. The summed E-state index contributed by atoms with van der Waals surface area (Å²) in [5.74, 6) is -0.409. The highest BCUT2D eigenvalue weighted by Crippen LogP contribution is 2.26. The van der Waals surface area contributed by atoms with Gasteiger partial charge in [0, 0.05) is 42.3 Å². The molecular formula is C33H32Cl2N4O3. The van der Waals surface area contributed by atoms with E-state index in [-0.39, 0.29) is 12.1 Å². The highest BCUT2D eigenvalue weighted by Gasteiger charge is 2.26. The van der Waals surface area contributed by atoms with E-state index in [1.807, 2.05) is 30.3 Å². The van der Waals surface area contributed by atoms with Crippen molar-refractivity contribution in [3.05, 3.63) is 123 Å². The van der Waals surface area contributed by atoms with Crippen LogP contribution < -0.4 is 4.90 Å². The standard InChI is InChI=1S/C33H32Cl2N4O3/c34-27-10-4-8-25(17-27)19-30-29(32(42)39(22-31(40)41)21-26-9-5-11-28(35)18-26)20-36-33(37-30)38-14-12-24(13-15-38)16-23-6-2-1-3-7-23/h1-11,17-18,20,24H,12-16,19,21-22H2,(H,40,41). The van der Waals surface area contributed by atoms with Crippen LogP contribution in [0.15, 0.2) is 85.1 Å². The number of aliphatic carboxylic acids is 1. The summed E-state index contributed by atoms with van der Waals surface area (Å²) >= 11 is 12.4. The smallest absolute Gasteiger partial charge is 0.323 e. The normalized spacial score (nSPS) is 13.6. The van der Waals surface area contributed by atoms with Crippen LogP contribution in [0.25, 0.3) is 0 Å². The SMILES string of the molecule is O=C(O)CN(Cc1cccc(Cl)c1)C(=O)c1cnc(N2CCC(Cc3ccccc3)CC2)nc1Cc1cccc(Cl)c1. The summed E-state index contributed by atoms with van der Waals surface area (Å²) in [7, 11) is 0. The van der Waals surface area contributed by atoms with Gasteiger partial charge in [0.1, 0.15) is 6.54 Å². The van der Waals surface area contributed by atoms with Crippen molar-refractivity contribution in [2.24, 2.45) is 5.92 Å².